The minimum absolute atomic E-state index is 0.445. The molecule has 2 nitrogen and oxygen atoms in total. The molecule has 1 fully saturated rings. The number of nitrogens with two attached hydrogens (primary N) is 1. The van der Waals surface area contributed by atoms with Crippen molar-refractivity contribution in [2.24, 2.45) is 0 Å². The number of ether oxygens (including phenoxy) is 1. The average molecular weight is 228 g/mol. The van der Waals surface area contributed by atoms with Crippen LogP contribution in [-0.2, 0) is 0 Å². The number of halogens is 1. The van der Waals surface area contributed by atoms with E-state index >= 15 is 0 Å². The molecule has 0 atom stereocenters. The second-order valence-corrected chi connectivity index (χ2v) is 3.85. The van der Waals surface area contributed by atoms with Crippen molar-refractivity contribution in [1.29, 1.82) is 0 Å². The van der Waals surface area contributed by atoms with Gasteiger partial charge < -0.3 is 10.5 Å². The van der Waals surface area contributed by atoms with E-state index in [0.29, 0.717) is 6.10 Å². The van der Waals surface area contributed by atoms with Crippen LogP contribution in [0.3, 0.4) is 0 Å². The molecule has 1 aliphatic carbocycles. The van der Waals surface area contributed by atoms with Crippen LogP contribution in [0.1, 0.15) is 12.8 Å². The number of anilines is 1. The molecule has 0 heterocycles. The molecule has 0 spiro atoms. The first kappa shape index (κ1) is 7.92. The van der Waals surface area contributed by atoms with E-state index in [9.17, 15) is 0 Å². The van der Waals surface area contributed by atoms with Crippen LogP contribution in [0, 0.1) is 0 Å². The van der Waals surface area contributed by atoms with E-state index in [1.165, 1.54) is 12.8 Å². The Morgan fingerprint density at radius 2 is 2.17 bits per heavy atom. The van der Waals surface area contributed by atoms with E-state index in [-0.39, 0.29) is 0 Å². The van der Waals surface area contributed by atoms with E-state index in [1.807, 2.05) is 18.2 Å². The molecule has 3 heteroatoms. The first-order valence-corrected chi connectivity index (χ1v) is 4.77. The third-order valence-electron chi connectivity index (χ3n) is 1.80. The van der Waals surface area contributed by atoms with E-state index < -0.39 is 0 Å². The Bertz CT molecular complexity index is 297. The summed E-state index contributed by atoms with van der Waals surface area (Å²) in [6, 6.07) is 5.66. The Balaban J connectivity index is 2.15. The molecule has 12 heavy (non-hydrogen) atoms. The van der Waals surface area contributed by atoms with Gasteiger partial charge in [0.25, 0.3) is 0 Å². The summed E-state index contributed by atoms with van der Waals surface area (Å²) in [7, 11) is 0. The SMILES string of the molecule is Nc1ccc(OC2CC2)cc1Br. The number of nitrogen functional groups attached to an aromatic ring is 1. The second kappa shape index (κ2) is 2.98. The number of benzene rings is 1. The Hall–Kier alpha value is -0.700. The molecule has 64 valence electrons. The van der Waals surface area contributed by atoms with Gasteiger partial charge in [0.05, 0.1) is 6.10 Å². The Labute approximate surface area is 79.8 Å². The van der Waals surface area contributed by atoms with E-state index in [2.05, 4.69) is 15.9 Å². The van der Waals surface area contributed by atoms with E-state index in [1.54, 1.807) is 0 Å². The lowest BCUT2D eigenvalue weighted by atomic mass is 10.3. The van der Waals surface area contributed by atoms with Gasteiger partial charge in [0.1, 0.15) is 5.75 Å². The van der Waals surface area contributed by atoms with Crippen molar-refractivity contribution in [2.45, 2.75) is 18.9 Å². The fourth-order valence-corrected chi connectivity index (χ4v) is 1.32. The van der Waals surface area contributed by atoms with Crippen LogP contribution in [0.4, 0.5) is 5.69 Å². The molecule has 0 aromatic heterocycles. The summed E-state index contributed by atoms with van der Waals surface area (Å²) >= 11 is 3.35. The maximum absolute atomic E-state index is 5.63. The van der Waals surface area contributed by atoms with Crippen molar-refractivity contribution in [2.75, 3.05) is 5.73 Å². The molecule has 0 amide bonds. The van der Waals surface area contributed by atoms with Crippen molar-refractivity contribution in [3.8, 4) is 5.75 Å². The van der Waals surface area contributed by atoms with Crippen molar-refractivity contribution in [3.63, 3.8) is 0 Å². The minimum atomic E-state index is 0.445. The summed E-state index contributed by atoms with van der Waals surface area (Å²) in [4.78, 5) is 0. The molecule has 0 radical (unpaired) electrons. The third kappa shape index (κ3) is 1.72. The second-order valence-electron chi connectivity index (χ2n) is 3.00. The van der Waals surface area contributed by atoms with Crippen molar-refractivity contribution in [3.05, 3.63) is 22.7 Å². The largest absolute Gasteiger partial charge is 0.490 e. The molecule has 0 unspecified atom stereocenters. The zero-order chi connectivity index (χ0) is 8.55. The molecule has 2 N–H and O–H groups in total. The topological polar surface area (TPSA) is 35.2 Å². The summed E-state index contributed by atoms with van der Waals surface area (Å²) in [5.41, 5.74) is 6.38. The molecule has 0 saturated heterocycles. The number of hydrogen-bond donors (Lipinski definition) is 1. The standard InChI is InChI=1S/C9H10BrNO/c10-8-5-7(3-4-9(8)11)12-6-1-2-6/h3-6H,1-2,11H2. The first-order chi connectivity index (χ1) is 5.75. The number of rotatable bonds is 2. The quantitative estimate of drug-likeness (QED) is 0.789. The van der Waals surface area contributed by atoms with Gasteiger partial charge in [-0.15, -0.1) is 0 Å². The fraction of sp³-hybridized carbons (Fsp3) is 0.333. The van der Waals surface area contributed by atoms with Gasteiger partial charge in [-0.1, -0.05) is 0 Å². The van der Waals surface area contributed by atoms with Gasteiger partial charge in [-0.2, -0.15) is 0 Å². The van der Waals surface area contributed by atoms with Gasteiger partial charge in [-0.3, -0.25) is 0 Å². The predicted molar refractivity (Wildman–Crippen MR) is 52.2 cm³/mol. The summed E-state index contributed by atoms with van der Waals surface area (Å²) in [5, 5.41) is 0. The lowest BCUT2D eigenvalue weighted by Crippen LogP contribution is -1.96. The van der Waals surface area contributed by atoms with E-state index in [4.69, 9.17) is 10.5 Å². The van der Waals surface area contributed by atoms with Crippen molar-refractivity contribution < 1.29 is 4.74 Å². The highest BCUT2D eigenvalue weighted by molar-refractivity contribution is 9.10. The molecule has 1 aromatic rings. The van der Waals surface area contributed by atoms with Gasteiger partial charge in [0.15, 0.2) is 0 Å². The highest BCUT2D eigenvalue weighted by atomic mass is 79.9. The maximum Gasteiger partial charge on any atom is 0.120 e. The summed E-state index contributed by atoms with van der Waals surface area (Å²) < 4.78 is 6.48. The van der Waals surface area contributed by atoms with Crippen LogP contribution < -0.4 is 10.5 Å². The molecule has 0 bridgehead atoms. The van der Waals surface area contributed by atoms with Gasteiger partial charge in [0.2, 0.25) is 0 Å². The number of hydrogen-bond acceptors (Lipinski definition) is 2. The Morgan fingerprint density at radius 1 is 1.42 bits per heavy atom. The summed E-state index contributed by atoms with van der Waals surface area (Å²) in [5.74, 6) is 0.901. The van der Waals surface area contributed by atoms with Gasteiger partial charge in [-0.25, -0.2) is 0 Å². The van der Waals surface area contributed by atoms with Crippen LogP contribution in [0.15, 0.2) is 22.7 Å². The van der Waals surface area contributed by atoms with Crippen LogP contribution in [-0.4, -0.2) is 6.10 Å². The normalized spacial score (nSPS) is 16.1. The summed E-state index contributed by atoms with van der Waals surface area (Å²) in [6.45, 7) is 0. The molecule has 1 aliphatic rings. The minimum Gasteiger partial charge on any atom is -0.490 e. The average Bonchev–Trinajstić information content (AvgIpc) is 2.81. The van der Waals surface area contributed by atoms with Gasteiger partial charge in [-0.05, 0) is 47.0 Å². The Morgan fingerprint density at radius 3 is 2.75 bits per heavy atom. The van der Waals surface area contributed by atoms with Crippen LogP contribution in [0.5, 0.6) is 5.75 Å². The lowest BCUT2D eigenvalue weighted by molar-refractivity contribution is 0.303. The maximum atomic E-state index is 5.63. The van der Waals surface area contributed by atoms with Crippen molar-refractivity contribution >= 4 is 21.6 Å². The monoisotopic (exact) mass is 227 g/mol. The van der Waals surface area contributed by atoms with Crippen LogP contribution >= 0.6 is 15.9 Å². The third-order valence-corrected chi connectivity index (χ3v) is 2.49. The Kier molecular flexibility index (Phi) is 1.97. The van der Waals surface area contributed by atoms with Crippen LogP contribution in [0.25, 0.3) is 0 Å². The predicted octanol–water partition coefficient (Wildman–Crippen LogP) is 2.57. The first-order valence-electron chi connectivity index (χ1n) is 3.97. The fourth-order valence-electron chi connectivity index (χ4n) is 0.960. The van der Waals surface area contributed by atoms with Gasteiger partial charge in [0, 0.05) is 10.2 Å². The summed E-state index contributed by atoms with van der Waals surface area (Å²) in [6.07, 6.45) is 2.81. The molecule has 1 saturated carbocycles. The zero-order valence-corrected chi connectivity index (χ0v) is 8.17. The highest BCUT2D eigenvalue weighted by Crippen LogP contribution is 2.30. The molecular formula is C9H10BrNO. The van der Waals surface area contributed by atoms with Gasteiger partial charge >= 0.3 is 0 Å². The van der Waals surface area contributed by atoms with Crippen molar-refractivity contribution in [1.82, 2.24) is 0 Å². The molecular weight excluding hydrogens is 218 g/mol. The lowest BCUT2D eigenvalue weighted by Gasteiger charge is -2.05. The molecule has 2 rings (SSSR count). The smallest absolute Gasteiger partial charge is 0.120 e. The highest BCUT2D eigenvalue weighted by Gasteiger charge is 2.23. The molecule has 0 aliphatic heterocycles. The van der Waals surface area contributed by atoms with E-state index in [0.717, 1.165) is 15.9 Å². The zero-order valence-electron chi connectivity index (χ0n) is 6.59. The molecule has 1 aromatic carbocycles. The van der Waals surface area contributed by atoms with Crippen LogP contribution in [0.2, 0.25) is 0 Å².